The van der Waals surface area contributed by atoms with Gasteiger partial charge in [-0.25, -0.2) is 0 Å². The van der Waals surface area contributed by atoms with E-state index in [1.165, 1.54) is 24.7 Å². The molecule has 1 fully saturated rings. The second-order valence-corrected chi connectivity index (χ2v) is 5.06. The fraction of sp³-hybridized carbons (Fsp3) is 0.385. The topological polar surface area (TPSA) is 38.9 Å². The number of hydrogen-bond donors (Lipinski definition) is 0. The van der Waals surface area contributed by atoms with Crippen LogP contribution in [0.15, 0.2) is 35.1 Å². The molecule has 1 aliphatic carbocycles. The first-order valence-corrected chi connectivity index (χ1v) is 6.18. The molecule has 1 aliphatic rings. The van der Waals surface area contributed by atoms with E-state index in [4.69, 9.17) is 16.1 Å². The van der Waals surface area contributed by atoms with Crippen molar-refractivity contribution in [1.82, 2.24) is 10.1 Å². The van der Waals surface area contributed by atoms with Crippen LogP contribution in [0.2, 0.25) is 5.02 Å². The molecule has 1 aromatic carbocycles. The summed E-state index contributed by atoms with van der Waals surface area (Å²) in [6.07, 6.45) is 5.85. The van der Waals surface area contributed by atoms with Crippen LogP contribution < -0.4 is 0 Å². The summed E-state index contributed by atoms with van der Waals surface area (Å²) in [7, 11) is 0. The average molecular weight is 249 g/mol. The van der Waals surface area contributed by atoms with Crippen molar-refractivity contribution in [3.63, 3.8) is 0 Å². The highest BCUT2D eigenvalue weighted by Gasteiger charge is 2.43. The minimum absolute atomic E-state index is 0.319. The Morgan fingerprint density at radius 3 is 2.59 bits per heavy atom. The van der Waals surface area contributed by atoms with E-state index in [2.05, 4.69) is 22.3 Å². The minimum Gasteiger partial charge on any atom is -0.340 e. The Morgan fingerprint density at radius 2 is 2.00 bits per heavy atom. The van der Waals surface area contributed by atoms with E-state index in [9.17, 15) is 0 Å². The second kappa shape index (κ2) is 4.15. The summed E-state index contributed by atoms with van der Waals surface area (Å²) in [4.78, 5) is 4.06. The molecule has 0 radical (unpaired) electrons. The molecule has 0 amide bonds. The maximum absolute atomic E-state index is 5.91. The molecule has 0 aliphatic heterocycles. The summed E-state index contributed by atoms with van der Waals surface area (Å²) in [5.41, 5.74) is 1.69. The van der Waals surface area contributed by atoms with Crippen LogP contribution in [0.5, 0.6) is 0 Å². The zero-order chi connectivity index (χ0) is 11.7. The Kier molecular flexibility index (Phi) is 2.63. The van der Waals surface area contributed by atoms with Gasteiger partial charge in [-0.3, -0.25) is 0 Å². The molecule has 1 heterocycles. The third-order valence-electron chi connectivity index (χ3n) is 3.53. The number of halogens is 1. The fourth-order valence-electron chi connectivity index (χ4n) is 2.29. The van der Waals surface area contributed by atoms with Crippen LogP contribution in [0.3, 0.4) is 0 Å². The Balaban J connectivity index is 1.71. The second-order valence-electron chi connectivity index (χ2n) is 4.62. The molecule has 17 heavy (non-hydrogen) atoms. The molecule has 0 atom stereocenters. The van der Waals surface area contributed by atoms with Crippen molar-refractivity contribution in [3.05, 3.63) is 47.1 Å². The molecule has 0 spiro atoms. The van der Waals surface area contributed by atoms with Crippen LogP contribution in [-0.4, -0.2) is 10.1 Å². The minimum atomic E-state index is 0.319. The lowest BCUT2D eigenvalue weighted by Gasteiger charge is -2.14. The van der Waals surface area contributed by atoms with Crippen molar-refractivity contribution in [1.29, 1.82) is 0 Å². The van der Waals surface area contributed by atoms with Crippen molar-refractivity contribution < 1.29 is 4.52 Å². The fourth-order valence-corrected chi connectivity index (χ4v) is 2.42. The first-order chi connectivity index (χ1) is 8.28. The molecule has 4 heteroatoms. The van der Waals surface area contributed by atoms with Gasteiger partial charge in [0, 0.05) is 11.4 Å². The monoisotopic (exact) mass is 248 g/mol. The van der Waals surface area contributed by atoms with Gasteiger partial charge < -0.3 is 4.52 Å². The molecule has 88 valence electrons. The molecule has 0 bridgehead atoms. The molecule has 0 unspecified atom stereocenters. The summed E-state index contributed by atoms with van der Waals surface area (Å²) < 4.78 is 5.03. The zero-order valence-corrected chi connectivity index (χ0v) is 10.2. The zero-order valence-electron chi connectivity index (χ0n) is 9.40. The Labute approximate surface area is 105 Å². The van der Waals surface area contributed by atoms with Gasteiger partial charge in [-0.2, -0.15) is 4.98 Å². The van der Waals surface area contributed by atoms with Crippen LogP contribution in [0, 0.1) is 0 Å². The SMILES string of the molecule is Clc1ccc(C2(CCc3ncno3)CC2)cc1. The standard InChI is InChI=1S/C13H13ClN2O/c14-11-3-1-10(2-4-11)13(7-8-13)6-5-12-15-9-16-17-12/h1-4,9H,5-8H2. The number of aryl methyl sites for hydroxylation is 1. The van der Waals surface area contributed by atoms with E-state index in [1.54, 1.807) is 0 Å². The van der Waals surface area contributed by atoms with Crippen molar-refractivity contribution in [2.45, 2.75) is 31.1 Å². The van der Waals surface area contributed by atoms with Gasteiger partial charge in [0.15, 0.2) is 6.33 Å². The summed E-state index contributed by atoms with van der Waals surface area (Å²) in [6, 6.07) is 8.18. The largest absolute Gasteiger partial charge is 0.340 e. The summed E-state index contributed by atoms with van der Waals surface area (Å²) in [5, 5.41) is 4.42. The molecular weight excluding hydrogens is 236 g/mol. The van der Waals surface area contributed by atoms with Crippen LogP contribution in [0.1, 0.15) is 30.7 Å². The number of benzene rings is 1. The highest BCUT2D eigenvalue weighted by molar-refractivity contribution is 6.30. The van der Waals surface area contributed by atoms with Crippen LogP contribution in [0.25, 0.3) is 0 Å². The normalized spacial score (nSPS) is 17.0. The van der Waals surface area contributed by atoms with E-state index in [1.807, 2.05) is 12.1 Å². The van der Waals surface area contributed by atoms with Gasteiger partial charge in [0.25, 0.3) is 0 Å². The lowest BCUT2D eigenvalue weighted by atomic mass is 9.91. The van der Waals surface area contributed by atoms with E-state index in [-0.39, 0.29) is 0 Å². The first kappa shape index (κ1) is 10.8. The summed E-state index contributed by atoms with van der Waals surface area (Å²) in [5.74, 6) is 0.727. The van der Waals surface area contributed by atoms with Gasteiger partial charge in [0.2, 0.25) is 5.89 Å². The highest BCUT2D eigenvalue weighted by Crippen LogP contribution is 2.51. The molecule has 0 N–H and O–H groups in total. The number of rotatable bonds is 4. The van der Waals surface area contributed by atoms with Crippen LogP contribution in [-0.2, 0) is 11.8 Å². The van der Waals surface area contributed by atoms with Crippen LogP contribution in [0.4, 0.5) is 0 Å². The molecular formula is C13H13ClN2O. The van der Waals surface area contributed by atoms with Crippen molar-refractivity contribution in [2.75, 3.05) is 0 Å². The Bertz CT molecular complexity index is 489. The van der Waals surface area contributed by atoms with E-state index in [0.29, 0.717) is 5.41 Å². The predicted molar refractivity (Wildman–Crippen MR) is 65.0 cm³/mol. The van der Waals surface area contributed by atoms with Crippen molar-refractivity contribution >= 4 is 11.6 Å². The van der Waals surface area contributed by atoms with Crippen LogP contribution >= 0.6 is 11.6 Å². The maximum atomic E-state index is 5.91. The Hall–Kier alpha value is -1.35. The number of nitrogens with zero attached hydrogens (tertiary/aromatic N) is 2. The predicted octanol–water partition coefficient (Wildman–Crippen LogP) is 3.39. The van der Waals surface area contributed by atoms with E-state index >= 15 is 0 Å². The van der Waals surface area contributed by atoms with Gasteiger partial charge in [0.1, 0.15) is 0 Å². The van der Waals surface area contributed by atoms with Gasteiger partial charge in [-0.05, 0) is 42.4 Å². The summed E-state index contributed by atoms with van der Waals surface area (Å²) in [6.45, 7) is 0. The van der Waals surface area contributed by atoms with Crippen molar-refractivity contribution in [3.8, 4) is 0 Å². The molecule has 3 nitrogen and oxygen atoms in total. The number of hydrogen-bond acceptors (Lipinski definition) is 3. The molecule has 1 aromatic heterocycles. The van der Waals surface area contributed by atoms with Gasteiger partial charge in [0.05, 0.1) is 0 Å². The highest BCUT2D eigenvalue weighted by atomic mass is 35.5. The molecule has 2 aromatic rings. The Morgan fingerprint density at radius 1 is 1.24 bits per heavy atom. The third-order valence-corrected chi connectivity index (χ3v) is 3.79. The quantitative estimate of drug-likeness (QED) is 0.833. The lowest BCUT2D eigenvalue weighted by molar-refractivity contribution is 0.368. The summed E-state index contributed by atoms with van der Waals surface area (Å²) >= 11 is 5.91. The van der Waals surface area contributed by atoms with E-state index in [0.717, 1.165) is 23.8 Å². The molecule has 3 rings (SSSR count). The third kappa shape index (κ3) is 2.20. The van der Waals surface area contributed by atoms with Crippen molar-refractivity contribution in [2.24, 2.45) is 0 Å². The average Bonchev–Trinajstić information content (AvgIpc) is 2.95. The number of aromatic nitrogens is 2. The van der Waals surface area contributed by atoms with Gasteiger partial charge >= 0.3 is 0 Å². The van der Waals surface area contributed by atoms with Gasteiger partial charge in [-0.15, -0.1) is 0 Å². The lowest BCUT2D eigenvalue weighted by Crippen LogP contribution is -2.08. The molecule has 1 saturated carbocycles. The smallest absolute Gasteiger partial charge is 0.226 e. The maximum Gasteiger partial charge on any atom is 0.226 e. The van der Waals surface area contributed by atoms with Gasteiger partial charge in [-0.1, -0.05) is 28.9 Å². The first-order valence-electron chi connectivity index (χ1n) is 5.80. The van der Waals surface area contributed by atoms with E-state index < -0.39 is 0 Å². The molecule has 0 saturated heterocycles.